The molecule has 0 radical (unpaired) electrons. The highest BCUT2D eigenvalue weighted by Crippen LogP contribution is 2.43. The van der Waals surface area contributed by atoms with Crippen molar-refractivity contribution >= 4 is 22.2 Å². The second kappa shape index (κ2) is 6.67. The molecule has 4 rings (SSSR count). The zero-order chi connectivity index (χ0) is 19.1. The number of para-hydroxylation sites is 1. The minimum Gasteiger partial charge on any atom is -0.312 e. The Morgan fingerprint density at radius 3 is 2.70 bits per heavy atom. The predicted octanol–water partition coefficient (Wildman–Crippen LogP) is 4.86. The minimum atomic E-state index is -0.200. The summed E-state index contributed by atoms with van der Waals surface area (Å²) >= 11 is 1.44. The van der Waals surface area contributed by atoms with Crippen LogP contribution >= 0.6 is 11.3 Å². The summed E-state index contributed by atoms with van der Waals surface area (Å²) in [6.45, 7) is 5.91. The Balaban J connectivity index is 1.73. The van der Waals surface area contributed by atoms with E-state index in [0.717, 1.165) is 40.2 Å². The summed E-state index contributed by atoms with van der Waals surface area (Å²) in [5.41, 5.74) is 5.14. The van der Waals surface area contributed by atoms with Gasteiger partial charge in [-0.25, -0.2) is 4.68 Å². The van der Waals surface area contributed by atoms with Crippen molar-refractivity contribution in [2.75, 3.05) is 5.32 Å². The highest BCUT2D eigenvalue weighted by molar-refractivity contribution is 7.16. The largest absolute Gasteiger partial charge is 0.312 e. The fourth-order valence-corrected chi connectivity index (χ4v) is 4.30. The van der Waals surface area contributed by atoms with Crippen LogP contribution in [-0.2, 0) is 0 Å². The molecule has 1 saturated carbocycles. The lowest BCUT2D eigenvalue weighted by atomic mass is 10.1. The van der Waals surface area contributed by atoms with Crippen molar-refractivity contribution in [2.24, 2.45) is 0 Å². The number of carbonyl (C=O) groups is 1. The van der Waals surface area contributed by atoms with E-state index in [1.54, 1.807) is 6.20 Å². The molecule has 2 aromatic heterocycles. The number of rotatable bonds is 4. The molecule has 1 N–H and O–H groups in total. The first-order chi connectivity index (χ1) is 13.0. The maximum atomic E-state index is 13.0. The number of thiophene rings is 1. The van der Waals surface area contributed by atoms with Crippen molar-refractivity contribution in [1.29, 1.82) is 5.26 Å². The third-order valence-electron chi connectivity index (χ3n) is 5.08. The Kier molecular flexibility index (Phi) is 4.33. The molecule has 6 heteroatoms. The molecule has 136 valence electrons. The highest BCUT2D eigenvalue weighted by atomic mass is 32.1. The van der Waals surface area contributed by atoms with Gasteiger partial charge in [0.1, 0.15) is 11.1 Å². The van der Waals surface area contributed by atoms with E-state index >= 15 is 0 Å². The molecule has 1 aliphatic carbocycles. The second-order valence-electron chi connectivity index (χ2n) is 6.97. The van der Waals surface area contributed by atoms with Gasteiger partial charge in [-0.2, -0.15) is 10.4 Å². The van der Waals surface area contributed by atoms with E-state index in [1.807, 2.05) is 49.7 Å². The van der Waals surface area contributed by atoms with Gasteiger partial charge in [0.25, 0.3) is 5.91 Å². The van der Waals surface area contributed by atoms with Crippen LogP contribution in [0.1, 0.15) is 56.4 Å². The number of nitrogens with zero attached hydrogens (tertiary/aromatic N) is 3. The molecular formula is C21H20N4OS. The fourth-order valence-electron chi connectivity index (χ4n) is 3.30. The maximum Gasteiger partial charge on any atom is 0.259 e. The van der Waals surface area contributed by atoms with Crippen molar-refractivity contribution in [3.8, 4) is 11.8 Å². The van der Waals surface area contributed by atoms with Gasteiger partial charge in [-0.3, -0.25) is 4.79 Å². The average molecular weight is 376 g/mol. The predicted molar refractivity (Wildman–Crippen MR) is 107 cm³/mol. The van der Waals surface area contributed by atoms with Gasteiger partial charge in [-0.15, -0.1) is 11.3 Å². The standard InChI is InChI=1S/C21H20N4OS/c1-12-6-4-5-7-18(12)25-19(15-8-9-15)17(11-23-25)20(26)24-21-16(10-22)13(2)14(3)27-21/h4-7,11,15H,8-9H2,1-3H3,(H,24,26). The highest BCUT2D eigenvalue weighted by Gasteiger charge is 2.33. The van der Waals surface area contributed by atoms with Crippen molar-refractivity contribution < 1.29 is 4.79 Å². The van der Waals surface area contributed by atoms with Crippen molar-refractivity contribution in [2.45, 2.75) is 39.5 Å². The van der Waals surface area contributed by atoms with Crippen LogP contribution in [0.15, 0.2) is 30.5 Å². The Morgan fingerprint density at radius 1 is 1.30 bits per heavy atom. The van der Waals surface area contributed by atoms with Crippen LogP contribution < -0.4 is 5.32 Å². The number of anilines is 1. The Morgan fingerprint density at radius 2 is 2.04 bits per heavy atom. The quantitative estimate of drug-likeness (QED) is 0.707. The molecule has 0 atom stereocenters. The van der Waals surface area contributed by atoms with E-state index in [2.05, 4.69) is 16.5 Å². The first-order valence-electron chi connectivity index (χ1n) is 8.96. The van der Waals surface area contributed by atoms with E-state index in [0.29, 0.717) is 22.0 Å². The first-order valence-corrected chi connectivity index (χ1v) is 9.78. The lowest BCUT2D eigenvalue weighted by molar-refractivity contribution is 0.102. The summed E-state index contributed by atoms with van der Waals surface area (Å²) in [7, 11) is 0. The van der Waals surface area contributed by atoms with Crippen molar-refractivity contribution in [1.82, 2.24) is 9.78 Å². The molecule has 27 heavy (non-hydrogen) atoms. The first kappa shape index (κ1) is 17.5. The Labute approximate surface area is 162 Å². The van der Waals surface area contributed by atoms with Crippen LogP contribution in [0.3, 0.4) is 0 Å². The van der Waals surface area contributed by atoms with E-state index < -0.39 is 0 Å². The molecule has 0 spiro atoms. The van der Waals surface area contributed by atoms with Crippen LogP contribution in [0.25, 0.3) is 5.69 Å². The second-order valence-corrected chi connectivity index (χ2v) is 8.19. The molecular weight excluding hydrogens is 356 g/mol. The van der Waals surface area contributed by atoms with Crippen molar-refractivity contribution in [3.05, 3.63) is 63.3 Å². The van der Waals surface area contributed by atoms with E-state index in [1.165, 1.54) is 11.3 Å². The third kappa shape index (κ3) is 3.04. The average Bonchev–Trinajstić information content (AvgIpc) is 3.33. The molecule has 0 unspecified atom stereocenters. The summed E-state index contributed by atoms with van der Waals surface area (Å²) in [4.78, 5) is 14.1. The van der Waals surface area contributed by atoms with Gasteiger partial charge >= 0.3 is 0 Å². The molecule has 3 aromatic rings. The zero-order valence-electron chi connectivity index (χ0n) is 15.5. The van der Waals surface area contributed by atoms with Crippen LogP contribution in [0, 0.1) is 32.1 Å². The van der Waals surface area contributed by atoms with E-state index in [4.69, 9.17) is 0 Å². The molecule has 1 fully saturated rings. The smallest absolute Gasteiger partial charge is 0.259 e. The lowest BCUT2D eigenvalue weighted by Crippen LogP contribution is -2.14. The number of aromatic nitrogens is 2. The summed E-state index contributed by atoms with van der Waals surface area (Å²) in [6, 6.07) is 10.3. The summed E-state index contributed by atoms with van der Waals surface area (Å²) in [5, 5.41) is 17.5. The number of carbonyl (C=O) groups excluding carboxylic acids is 1. The number of aryl methyl sites for hydroxylation is 2. The normalized spacial score (nSPS) is 13.4. The zero-order valence-corrected chi connectivity index (χ0v) is 16.4. The molecule has 5 nitrogen and oxygen atoms in total. The van der Waals surface area contributed by atoms with Gasteiger partial charge in [0.05, 0.1) is 28.7 Å². The van der Waals surface area contributed by atoms with Crippen LogP contribution in [-0.4, -0.2) is 15.7 Å². The Bertz CT molecular complexity index is 1080. The number of hydrogen-bond donors (Lipinski definition) is 1. The van der Waals surface area contributed by atoms with Gasteiger partial charge in [0, 0.05) is 10.8 Å². The summed E-state index contributed by atoms with van der Waals surface area (Å²) in [5.74, 6) is 0.157. The van der Waals surface area contributed by atoms with Crippen LogP contribution in [0.5, 0.6) is 0 Å². The number of benzene rings is 1. The monoisotopic (exact) mass is 376 g/mol. The summed E-state index contributed by atoms with van der Waals surface area (Å²) in [6.07, 6.45) is 3.78. The fraction of sp³-hybridized carbons (Fsp3) is 0.286. The summed E-state index contributed by atoms with van der Waals surface area (Å²) < 4.78 is 1.90. The SMILES string of the molecule is Cc1ccccc1-n1ncc(C(=O)Nc2sc(C)c(C)c2C#N)c1C1CC1. The van der Waals surface area contributed by atoms with Crippen molar-refractivity contribution in [3.63, 3.8) is 0 Å². The molecule has 1 amide bonds. The van der Waals surface area contributed by atoms with Crippen LogP contribution in [0.2, 0.25) is 0 Å². The Hall–Kier alpha value is -2.91. The molecule has 0 bridgehead atoms. The number of amides is 1. The van der Waals surface area contributed by atoms with Gasteiger partial charge < -0.3 is 5.32 Å². The number of nitriles is 1. The molecule has 1 aromatic carbocycles. The van der Waals surface area contributed by atoms with E-state index in [-0.39, 0.29) is 5.91 Å². The van der Waals surface area contributed by atoms with Crippen LogP contribution in [0.4, 0.5) is 5.00 Å². The number of hydrogen-bond acceptors (Lipinski definition) is 4. The molecule has 1 aliphatic rings. The molecule has 2 heterocycles. The number of nitrogens with one attached hydrogen (secondary N) is 1. The van der Waals surface area contributed by atoms with Gasteiger partial charge in [0.2, 0.25) is 0 Å². The molecule has 0 saturated heterocycles. The van der Waals surface area contributed by atoms with E-state index in [9.17, 15) is 10.1 Å². The minimum absolute atomic E-state index is 0.200. The molecule has 0 aliphatic heterocycles. The topological polar surface area (TPSA) is 70.7 Å². The van der Waals surface area contributed by atoms with Gasteiger partial charge in [0.15, 0.2) is 0 Å². The maximum absolute atomic E-state index is 13.0. The van der Waals surface area contributed by atoms with Gasteiger partial charge in [-0.1, -0.05) is 18.2 Å². The lowest BCUT2D eigenvalue weighted by Gasteiger charge is -2.11. The third-order valence-corrected chi connectivity index (χ3v) is 6.21. The van der Waals surface area contributed by atoms with Gasteiger partial charge in [-0.05, 0) is 50.8 Å².